The molecule has 0 aliphatic carbocycles. The zero-order chi connectivity index (χ0) is 17.5. The molecular weight excluding hydrogens is 302 g/mol. The Morgan fingerprint density at radius 1 is 1.00 bits per heavy atom. The molecule has 0 saturated carbocycles. The van der Waals surface area contributed by atoms with Crippen LogP contribution in [0.4, 0.5) is 0 Å². The number of amides is 1. The van der Waals surface area contributed by atoms with E-state index < -0.39 is 6.10 Å². The Labute approximate surface area is 143 Å². The second kappa shape index (κ2) is 8.39. The van der Waals surface area contributed by atoms with Crippen LogP contribution in [0.1, 0.15) is 23.6 Å². The van der Waals surface area contributed by atoms with Crippen LogP contribution in [0.5, 0.6) is 11.5 Å². The summed E-state index contributed by atoms with van der Waals surface area (Å²) in [6.45, 7) is 8.64. The average molecular weight is 327 g/mol. The Morgan fingerprint density at radius 3 is 2.42 bits per heavy atom. The van der Waals surface area contributed by atoms with E-state index in [2.05, 4.69) is 18.3 Å². The summed E-state index contributed by atoms with van der Waals surface area (Å²) in [5.41, 5.74) is 3.33. The molecule has 0 aromatic heterocycles. The molecule has 2 aromatic carbocycles. The molecule has 128 valence electrons. The number of carbonyl (C=O) groups excluding carboxylic acids is 1. The minimum Gasteiger partial charge on any atom is -0.491 e. The van der Waals surface area contributed by atoms with Crippen molar-refractivity contribution in [3.05, 3.63) is 59.2 Å². The van der Waals surface area contributed by atoms with E-state index in [0.717, 1.165) is 22.6 Å². The summed E-state index contributed by atoms with van der Waals surface area (Å²) in [4.78, 5) is 12.1. The highest BCUT2D eigenvalue weighted by molar-refractivity contribution is 5.80. The average Bonchev–Trinajstić information content (AvgIpc) is 2.57. The molecule has 4 nitrogen and oxygen atoms in total. The molecule has 0 spiro atoms. The van der Waals surface area contributed by atoms with Gasteiger partial charge in [0.15, 0.2) is 6.10 Å². The molecule has 0 radical (unpaired) electrons. The summed E-state index contributed by atoms with van der Waals surface area (Å²) in [6.07, 6.45) is -0.549. The van der Waals surface area contributed by atoms with E-state index in [9.17, 15) is 4.79 Å². The number of rotatable bonds is 7. The van der Waals surface area contributed by atoms with Gasteiger partial charge < -0.3 is 14.8 Å². The first kappa shape index (κ1) is 17.9. The lowest BCUT2D eigenvalue weighted by Gasteiger charge is -2.16. The highest BCUT2D eigenvalue weighted by atomic mass is 16.5. The first-order valence-corrected chi connectivity index (χ1v) is 8.18. The van der Waals surface area contributed by atoms with Gasteiger partial charge in [0.25, 0.3) is 5.91 Å². The van der Waals surface area contributed by atoms with E-state index in [-0.39, 0.29) is 5.91 Å². The fraction of sp³-hybridized carbons (Fsp3) is 0.350. The van der Waals surface area contributed by atoms with Crippen LogP contribution in [0.25, 0.3) is 0 Å². The summed E-state index contributed by atoms with van der Waals surface area (Å²) in [5, 5.41) is 2.84. The van der Waals surface area contributed by atoms with Gasteiger partial charge in [-0.1, -0.05) is 30.3 Å². The van der Waals surface area contributed by atoms with Crippen molar-refractivity contribution in [1.29, 1.82) is 0 Å². The maximum atomic E-state index is 12.1. The standard InChI is InChI=1S/C20H25NO3/c1-14-9-7-11-19(16(14)3)23-13-12-21-20(22)17(4)24-18-10-6-5-8-15(18)2/h5-11,17H,12-13H2,1-4H3,(H,21,22)/t17-/m1/s1. The van der Waals surface area contributed by atoms with Gasteiger partial charge in [0.05, 0.1) is 6.54 Å². The van der Waals surface area contributed by atoms with Gasteiger partial charge in [-0.05, 0) is 56.5 Å². The maximum absolute atomic E-state index is 12.1. The molecule has 0 saturated heterocycles. The largest absolute Gasteiger partial charge is 0.491 e. The van der Waals surface area contributed by atoms with E-state index in [1.165, 1.54) is 5.56 Å². The van der Waals surface area contributed by atoms with Crippen molar-refractivity contribution in [3.8, 4) is 11.5 Å². The topological polar surface area (TPSA) is 47.6 Å². The number of nitrogens with one attached hydrogen (secondary N) is 1. The van der Waals surface area contributed by atoms with Gasteiger partial charge in [-0.3, -0.25) is 4.79 Å². The zero-order valence-electron chi connectivity index (χ0n) is 14.8. The van der Waals surface area contributed by atoms with E-state index in [1.807, 2.05) is 50.2 Å². The second-order valence-electron chi connectivity index (χ2n) is 5.86. The van der Waals surface area contributed by atoms with Gasteiger partial charge in [-0.15, -0.1) is 0 Å². The number of aryl methyl sites for hydroxylation is 2. The molecule has 1 atom stereocenters. The van der Waals surface area contributed by atoms with Crippen LogP contribution in [-0.2, 0) is 4.79 Å². The summed E-state index contributed by atoms with van der Waals surface area (Å²) in [7, 11) is 0. The first-order chi connectivity index (χ1) is 11.5. The molecule has 0 fully saturated rings. The van der Waals surface area contributed by atoms with Crippen molar-refractivity contribution in [3.63, 3.8) is 0 Å². The zero-order valence-corrected chi connectivity index (χ0v) is 14.8. The van der Waals surface area contributed by atoms with Crippen LogP contribution in [0, 0.1) is 20.8 Å². The van der Waals surface area contributed by atoms with E-state index >= 15 is 0 Å². The number of para-hydroxylation sites is 1. The van der Waals surface area contributed by atoms with Gasteiger partial charge in [-0.25, -0.2) is 0 Å². The molecule has 4 heteroatoms. The van der Waals surface area contributed by atoms with Crippen LogP contribution in [0.2, 0.25) is 0 Å². The molecular formula is C20H25NO3. The number of hydrogen-bond acceptors (Lipinski definition) is 3. The lowest BCUT2D eigenvalue weighted by molar-refractivity contribution is -0.127. The van der Waals surface area contributed by atoms with Gasteiger partial charge in [-0.2, -0.15) is 0 Å². The molecule has 1 amide bonds. The van der Waals surface area contributed by atoms with Gasteiger partial charge in [0.1, 0.15) is 18.1 Å². The van der Waals surface area contributed by atoms with Crippen molar-refractivity contribution >= 4 is 5.91 Å². The number of benzene rings is 2. The SMILES string of the molecule is Cc1ccccc1O[C@H](C)C(=O)NCCOc1cccc(C)c1C. The maximum Gasteiger partial charge on any atom is 0.260 e. The Kier molecular flexibility index (Phi) is 6.24. The van der Waals surface area contributed by atoms with E-state index in [4.69, 9.17) is 9.47 Å². The second-order valence-corrected chi connectivity index (χ2v) is 5.86. The predicted octanol–water partition coefficient (Wildman–Crippen LogP) is 3.57. The summed E-state index contributed by atoms with van der Waals surface area (Å²) in [5.74, 6) is 1.43. The number of carbonyl (C=O) groups is 1. The number of ether oxygens (including phenoxy) is 2. The fourth-order valence-electron chi connectivity index (χ4n) is 2.29. The molecule has 0 aliphatic rings. The third-order valence-corrected chi connectivity index (χ3v) is 3.98. The molecule has 0 unspecified atom stereocenters. The van der Waals surface area contributed by atoms with Crippen LogP contribution < -0.4 is 14.8 Å². The molecule has 0 aliphatic heterocycles. The minimum absolute atomic E-state index is 0.150. The van der Waals surface area contributed by atoms with Crippen molar-refractivity contribution in [2.45, 2.75) is 33.8 Å². The van der Waals surface area contributed by atoms with Crippen LogP contribution in [0.3, 0.4) is 0 Å². The summed E-state index contributed by atoms with van der Waals surface area (Å²) in [6, 6.07) is 13.6. The van der Waals surface area contributed by atoms with Gasteiger partial charge in [0, 0.05) is 0 Å². The molecule has 24 heavy (non-hydrogen) atoms. The molecule has 2 rings (SSSR count). The Balaban J connectivity index is 1.76. The minimum atomic E-state index is -0.549. The molecule has 0 heterocycles. The lowest BCUT2D eigenvalue weighted by Crippen LogP contribution is -2.38. The third kappa shape index (κ3) is 4.75. The van der Waals surface area contributed by atoms with Crippen LogP contribution in [-0.4, -0.2) is 25.2 Å². The Hall–Kier alpha value is -2.49. The van der Waals surface area contributed by atoms with E-state index in [0.29, 0.717) is 13.2 Å². The van der Waals surface area contributed by atoms with Gasteiger partial charge >= 0.3 is 0 Å². The normalized spacial score (nSPS) is 11.7. The monoisotopic (exact) mass is 327 g/mol. The third-order valence-electron chi connectivity index (χ3n) is 3.98. The van der Waals surface area contributed by atoms with Crippen molar-refractivity contribution < 1.29 is 14.3 Å². The smallest absolute Gasteiger partial charge is 0.260 e. The van der Waals surface area contributed by atoms with Crippen molar-refractivity contribution in [2.24, 2.45) is 0 Å². The van der Waals surface area contributed by atoms with Crippen LogP contribution in [0.15, 0.2) is 42.5 Å². The van der Waals surface area contributed by atoms with Crippen LogP contribution >= 0.6 is 0 Å². The highest BCUT2D eigenvalue weighted by Crippen LogP contribution is 2.20. The fourth-order valence-corrected chi connectivity index (χ4v) is 2.29. The predicted molar refractivity (Wildman–Crippen MR) is 95.7 cm³/mol. The molecule has 2 aromatic rings. The summed E-state index contributed by atoms with van der Waals surface area (Å²) < 4.78 is 11.4. The Bertz CT molecular complexity index is 697. The lowest BCUT2D eigenvalue weighted by atomic mass is 10.1. The number of hydrogen-bond donors (Lipinski definition) is 1. The van der Waals surface area contributed by atoms with Crippen molar-refractivity contribution in [2.75, 3.05) is 13.2 Å². The van der Waals surface area contributed by atoms with Gasteiger partial charge in [0.2, 0.25) is 0 Å². The molecule has 1 N–H and O–H groups in total. The highest BCUT2D eigenvalue weighted by Gasteiger charge is 2.15. The molecule has 0 bridgehead atoms. The van der Waals surface area contributed by atoms with E-state index in [1.54, 1.807) is 6.92 Å². The first-order valence-electron chi connectivity index (χ1n) is 8.18. The Morgan fingerprint density at radius 2 is 1.67 bits per heavy atom. The quantitative estimate of drug-likeness (QED) is 0.791. The summed E-state index contributed by atoms with van der Waals surface area (Å²) >= 11 is 0. The van der Waals surface area contributed by atoms with Crippen molar-refractivity contribution in [1.82, 2.24) is 5.32 Å².